The zero-order chi connectivity index (χ0) is 31.3. The molecule has 1 N–H and O–H groups in total. The topological polar surface area (TPSA) is 111 Å². The molecule has 0 amide bonds. The van der Waals surface area contributed by atoms with Gasteiger partial charge in [-0.25, -0.2) is 26.8 Å². The van der Waals surface area contributed by atoms with Crippen LogP contribution in [0.15, 0.2) is 136 Å². The molecule has 8 nitrogen and oxygen atoms in total. The highest BCUT2D eigenvalue weighted by Crippen LogP contribution is 2.41. The van der Waals surface area contributed by atoms with Crippen molar-refractivity contribution in [2.45, 2.75) is 34.6 Å². The fourth-order valence-electron chi connectivity index (χ4n) is 5.60. The van der Waals surface area contributed by atoms with Gasteiger partial charge in [0, 0.05) is 0 Å². The quantitative estimate of drug-likeness (QED) is 0.198. The van der Waals surface area contributed by atoms with E-state index in [0.29, 0.717) is 11.0 Å². The fraction of sp³-hybridized carbons (Fsp3) is 0.0857. The number of hydrogen-bond donors (Lipinski definition) is 1. The number of sulfone groups is 1. The van der Waals surface area contributed by atoms with Crippen LogP contribution in [0.5, 0.6) is 0 Å². The van der Waals surface area contributed by atoms with Crippen molar-refractivity contribution in [3.63, 3.8) is 0 Å². The molecule has 7 aromatic rings. The number of hydrogen-bond acceptors (Lipinski definition) is 6. The van der Waals surface area contributed by atoms with Crippen molar-refractivity contribution in [3.05, 3.63) is 132 Å². The molecule has 0 saturated heterocycles. The third-order valence-corrected chi connectivity index (χ3v) is 11.1. The molecule has 0 aliphatic rings. The lowest BCUT2D eigenvalue weighted by molar-refractivity contribution is 0.595. The number of nitrogens with one attached hydrogen (secondary N) is 1. The van der Waals surface area contributed by atoms with Crippen LogP contribution in [-0.4, -0.2) is 31.4 Å². The summed E-state index contributed by atoms with van der Waals surface area (Å²) in [4.78, 5) is 9.41. The second kappa shape index (κ2) is 10.8. The van der Waals surface area contributed by atoms with Crippen LogP contribution in [0.4, 0.5) is 5.82 Å². The molecule has 0 fully saturated rings. The lowest BCUT2D eigenvalue weighted by atomic mass is 10.1. The van der Waals surface area contributed by atoms with E-state index in [-0.39, 0.29) is 31.7 Å². The van der Waals surface area contributed by atoms with Gasteiger partial charge in [-0.3, -0.25) is 4.72 Å². The number of aromatic nitrogens is 3. The lowest BCUT2D eigenvalue weighted by Gasteiger charge is -2.20. The summed E-state index contributed by atoms with van der Waals surface area (Å²) in [6, 6.07) is 34.8. The average Bonchev–Trinajstić information content (AvgIpc) is 3.36. The van der Waals surface area contributed by atoms with Crippen molar-refractivity contribution < 1.29 is 16.8 Å². The van der Waals surface area contributed by atoms with Gasteiger partial charge in [0.25, 0.3) is 10.0 Å². The van der Waals surface area contributed by atoms with Crippen molar-refractivity contribution in [1.29, 1.82) is 0 Å². The van der Waals surface area contributed by atoms with Crippen LogP contribution in [-0.2, 0) is 19.9 Å². The Hall–Kier alpha value is -5.06. The van der Waals surface area contributed by atoms with Gasteiger partial charge in [0.15, 0.2) is 5.65 Å². The van der Waals surface area contributed by atoms with Gasteiger partial charge in [-0.2, -0.15) is 0 Å². The smallest absolute Gasteiger partial charge is 0.263 e. The summed E-state index contributed by atoms with van der Waals surface area (Å²) < 4.78 is 61.8. The predicted molar refractivity (Wildman–Crippen MR) is 177 cm³/mol. The minimum absolute atomic E-state index is 0.00451. The van der Waals surface area contributed by atoms with E-state index in [1.807, 2.05) is 74.5 Å². The summed E-state index contributed by atoms with van der Waals surface area (Å²) in [5.41, 5.74) is 3.07. The molecule has 2 aromatic heterocycles. The van der Waals surface area contributed by atoms with E-state index in [1.54, 1.807) is 47.0 Å². The highest BCUT2D eigenvalue weighted by molar-refractivity contribution is 7.93. The number of sulfonamides is 1. The number of aryl methyl sites for hydroxylation is 1. The maximum Gasteiger partial charge on any atom is 0.263 e. The normalized spacial score (nSPS) is 12.9. The number of rotatable bonds is 7. The number of benzene rings is 5. The molecule has 2 heterocycles. The molecule has 5 aromatic carbocycles. The van der Waals surface area contributed by atoms with Gasteiger partial charge in [0.2, 0.25) is 9.84 Å². The zero-order valence-electron chi connectivity index (χ0n) is 24.4. The maximum atomic E-state index is 14.6. The first-order valence-corrected chi connectivity index (χ1v) is 17.3. The molecule has 0 bridgehead atoms. The van der Waals surface area contributed by atoms with Crippen molar-refractivity contribution in [3.8, 4) is 0 Å². The SMILES string of the molecule is Cc1ccc(S(=O)(=O)c2c(NS(=O)(=O)c3ccc4ccccc4c3)n(C(C)c3ccccc3)c3nc4ccccc4nc23)cc1. The van der Waals surface area contributed by atoms with Gasteiger partial charge < -0.3 is 4.57 Å². The van der Waals surface area contributed by atoms with Crippen LogP contribution >= 0.6 is 0 Å². The summed E-state index contributed by atoms with van der Waals surface area (Å²) in [7, 11) is -8.62. The van der Waals surface area contributed by atoms with E-state index < -0.39 is 25.9 Å². The van der Waals surface area contributed by atoms with E-state index >= 15 is 0 Å². The van der Waals surface area contributed by atoms with Crippen molar-refractivity contribution in [1.82, 2.24) is 14.5 Å². The highest BCUT2D eigenvalue weighted by atomic mass is 32.2. The van der Waals surface area contributed by atoms with Crippen LogP contribution in [0.3, 0.4) is 0 Å². The first-order chi connectivity index (χ1) is 21.6. The summed E-state index contributed by atoms with van der Waals surface area (Å²) >= 11 is 0. The van der Waals surface area contributed by atoms with Crippen LogP contribution in [0.1, 0.15) is 24.1 Å². The number of anilines is 1. The Morgan fingerprint density at radius 1 is 0.667 bits per heavy atom. The molecule has 1 atom stereocenters. The Balaban J connectivity index is 1.56. The van der Waals surface area contributed by atoms with E-state index in [4.69, 9.17) is 9.97 Å². The minimum atomic E-state index is -4.32. The van der Waals surface area contributed by atoms with Gasteiger partial charge in [-0.1, -0.05) is 90.5 Å². The summed E-state index contributed by atoms with van der Waals surface area (Å²) in [6.07, 6.45) is 0. The molecule has 1 unspecified atom stereocenters. The van der Waals surface area contributed by atoms with Gasteiger partial charge >= 0.3 is 0 Å². The molecule has 0 aliphatic heterocycles. The lowest BCUT2D eigenvalue weighted by Crippen LogP contribution is -2.20. The zero-order valence-corrected chi connectivity index (χ0v) is 26.0. The van der Waals surface area contributed by atoms with Crippen LogP contribution < -0.4 is 4.72 Å². The molecule has 0 saturated carbocycles. The van der Waals surface area contributed by atoms with E-state index in [2.05, 4.69) is 4.72 Å². The molecular formula is C35H28N4O4S2. The molecule has 45 heavy (non-hydrogen) atoms. The second-order valence-corrected chi connectivity index (χ2v) is 14.5. The standard InChI is InChI=1S/C35H28N4O4S2/c1-23-16-19-28(20-17-23)44(40,41)33-32-34(37-31-15-9-8-14-30(31)36-32)39(24(2)25-10-4-3-5-11-25)35(33)38-45(42,43)29-21-18-26-12-6-7-13-27(26)22-29/h3-22,24,38H,1-2H3. The molecule has 224 valence electrons. The number of fused-ring (bicyclic) bond motifs is 3. The molecule has 0 spiro atoms. The molecule has 0 aliphatic carbocycles. The van der Waals surface area contributed by atoms with Gasteiger partial charge in [-0.15, -0.1) is 0 Å². The van der Waals surface area contributed by atoms with E-state index in [0.717, 1.165) is 21.9 Å². The third kappa shape index (κ3) is 5.01. The summed E-state index contributed by atoms with van der Waals surface area (Å²) in [6.45, 7) is 3.74. The predicted octanol–water partition coefficient (Wildman–Crippen LogP) is 7.29. The van der Waals surface area contributed by atoms with E-state index in [1.165, 1.54) is 18.2 Å². The van der Waals surface area contributed by atoms with E-state index in [9.17, 15) is 16.8 Å². The van der Waals surface area contributed by atoms with Crippen LogP contribution in [0.2, 0.25) is 0 Å². The van der Waals surface area contributed by atoms with Crippen molar-refractivity contribution >= 4 is 58.6 Å². The fourth-order valence-corrected chi connectivity index (χ4v) is 8.29. The Labute approximate surface area is 261 Å². The van der Waals surface area contributed by atoms with Crippen LogP contribution in [0.25, 0.3) is 33.0 Å². The second-order valence-electron chi connectivity index (χ2n) is 10.9. The molecule has 0 radical (unpaired) electrons. The minimum Gasteiger partial charge on any atom is -0.302 e. The van der Waals surface area contributed by atoms with Gasteiger partial charge in [0.05, 0.1) is 26.9 Å². The first kappa shape index (κ1) is 28.7. The Morgan fingerprint density at radius 2 is 1.27 bits per heavy atom. The Morgan fingerprint density at radius 3 is 1.98 bits per heavy atom. The summed E-state index contributed by atoms with van der Waals surface area (Å²) in [5.74, 6) is -0.134. The molecule has 10 heteroatoms. The van der Waals surface area contributed by atoms with Crippen molar-refractivity contribution in [2.24, 2.45) is 0 Å². The number of para-hydroxylation sites is 2. The maximum absolute atomic E-state index is 14.6. The summed E-state index contributed by atoms with van der Waals surface area (Å²) in [5, 5.41) is 1.62. The first-order valence-electron chi connectivity index (χ1n) is 14.3. The highest BCUT2D eigenvalue weighted by Gasteiger charge is 2.35. The average molecular weight is 633 g/mol. The van der Waals surface area contributed by atoms with Gasteiger partial charge in [0.1, 0.15) is 16.2 Å². The monoisotopic (exact) mass is 632 g/mol. The molecular weight excluding hydrogens is 605 g/mol. The van der Waals surface area contributed by atoms with Gasteiger partial charge in [-0.05, 0) is 66.6 Å². The Kier molecular flexibility index (Phi) is 6.91. The molecule has 7 rings (SSSR count). The largest absolute Gasteiger partial charge is 0.302 e. The van der Waals surface area contributed by atoms with Crippen molar-refractivity contribution in [2.75, 3.05) is 4.72 Å². The Bertz CT molecular complexity index is 2460. The number of nitrogens with zero attached hydrogens (tertiary/aromatic N) is 3. The third-order valence-electron chi connectivity index (χ3n) is 7.98. The van der Waals surface area contributed by atoms with Crippen LogP contribution in [0, 0.1) is 6.92 Å².